The maximum absolute atomic E-state index is 9.04. The maximum atomic E-state index is 9.04. The molecule has 0 radical (unpaired) electrons. The van der Waals surface area contributed by atoms with E-state index in [1.165, 1.54) is 19.4 Å². The zero-order chi connectivity index (χ0) is 13.3. The fourth-order valence-electron chi connectivity index (χ4n) is 1.95. The van der Waals surface area contributed by atoms with E-state index in [1.807, 2.05) is 14.0 Å². The zero-order valence-electron chi connectivity index (χ0n) is 12.2. The number of nitrogens with zero attached hydrogens (tertiary/aromatic N) is 2. The van der Waals surface area contributed by atoms with Crippen molar-refractivity contribution < 1.29 is 0 Å². The Kier molecular flexibility index (Phi) is 8.20. The molecule has 0 saturated carbocycles. The van der Waals surface area contributed by atoms with E-state index >= 15 is 0 Å². The van der Waals surface area contributed by atoms with Crippen LogP contribution in [0.4, 0.5) is 0 Å². The van der Waals surface area contributed by atoms with E-state index in [-0.39, 0.29) is 5.54 Å². The van der Waals surface area contributed by atoms with E-state index in [1.54, 1.807) is 0 Å². The van der Waals surface area contributed by atoms with Crippen LogP contribution in [0.5, 0.6) is 0 Å². The summed E-state index contributed by atoms with van der Waals surface area (Å²) in [6, 6.07) is 2.97. The van der Waals surface area contributed by atoms with Gasteiger partial charge in [-0.15, -0.1) is 0 Å². The van der Waals surface area contributed by atoms with Crippen LogP contribution < -0.4 is 5.32 Å². The molecule has 1 N–H and O–H groups in total. The van der Waals surface area contributed by atoms with Gasteiger partial charge in [0.25, 0.3) is 0 Å². The van der Waals surface area contributed by atoms with Crippen LogP contribution in [0.3, 0.4) is 0 Å². The van der Waals surface area contributed by atoms with Crippen molar-refractivity contribution in [3.05, 3.63) is 0 Å². The smallest absolute Gasteiger partial charge is 0.103 e. The predicted molar refractivity (Wildman–Crippen MR) is 73.9 cm³/mol. The largest absolute Gasteiger partial charge is 0.303 e. The lowest BCUT2D eigenvalue weighted by Gasteiger charge is -2.26. The summed E-state index contributed by atoms with van der Waals surface area (Å²) in [6.45, 7) is 11.0. The Hall–Kier alpha value is -0.590. The third-order valence-electron chi connectivity index (χ3n) is 3.41. The average Bonchev–Trinajstić information content (AvgIpc) is 2.32. The van der Waals surface area contributed by atoms with Gasteiger partial charge >= 0.3 is 0 Å². The third-order valence-corrected chi connectivity index (χ3v) is 3.41. The highest BCUT2D eigenvalue weighted by Gasteiger charge is 2.20. The van der Waals surface area contributed by atoms with Crippen LogP contribution in [0.1, 0.15) is 53.4 Å². The fraction of sp³-hybridized carbons (Fsp3) is 0.929. The second kappa shape index (κ2) is 8.49. The Balaban J connectivity index is 3.86. The van der Waals surface area contributed by atoms with Gasteiger partial charge in [0.2, 0.25) is 0 Å². The van der Waals surface area contributed by atoms with Crippen LogP contribution in [-0.4, -0.2) is 36.6 Å². The molecule has 1 atom stereocenters. The Morgan fingerprint density at radius 1 is 1.29 bits per heavy atom. The maximum Gasteiger partial charge on any atom is 0.103 e. The summed E-state index contributed by atoms with van der Waals surface area (Å²) in [6.07, 6.45) is 4.43. The van der Waals surface area contributed by atoms with Crippen molar-refractivity contribution in [2.45, 2.75) is 65.0 Å². The van der Waals surface area contributed by atoms with Gasteiger partial charge in [0.1, 0.15) is 5.54 Å². The van der Waals surface area contributed by atoms with Gasteiger partial charge in [-0.25, -0.2) is 0 Å². The predicted octanol–water partition coefficient (Wildman–Crippen LogP) is 2.78. The van der Waals surface area contributed by atoms with Gasteiger partial charge in [-0.1, -0.05) is 6.92 Å². The molecule has 0 saturated heterocycles. The Morgan fingerprint density at radius 3 is 2.35 bits per heavy atom. The van der Waals surface area contributed by atoms with Crippen LogP contribution in [-0.2, 0) is 0 Å². The summed E-state index contributed by atoms with van der Waals surface area (Å²) in [4.78, 5) is 2.52. The Bertz CT molecular complexity index is 232. The monoisotopic (exact) mass is 239 g/mol. The summed E-state index contributed by atoms with van der Waals surface area (Å²) in [5.74, 6) is 0. The molecule has 0 rings (SSSR count). The van der Waals surface area contributed by atoms with Crippen LogP contribution in [0, 0.1) is 11.3 Å². The van der Waals surface area contributed by atoms with E-state index in [9.17, 15) is 0 Å². The van der Waals surface area contributed by atoms with Gasteiger partial charge in [0.05, 0.1) is 6.07 Å². The molecule has 0 aromatic rings. The second-order valence-corrected chi connectivity index (χ2v) is 5.28. The van der Waals surface area contributed by atoms with E-state index < -0.39 is 0 Å². The first-order valence-corrected chi connectivity index (χ1v) is 6.83. The molecule has 1 unspecified atom stereocenters. The summed E-state index contributed by atoms with van der Waals surface area (Å²) >= 11 is 0. The summed E-state index contributed by atoms with van der Waals surface area (Å²) < 4.78 is 0. The van der Waals surface area contributed by atoms with Crippen molar-refractivity contribution >= 4 is 0 Å². The van der Waals surface area contributed by atoms with E-state index in [4.69, 9.17) is 5.26 Å². The number of hydrogen-bond donors (Lipinski definition) is 1. The zero-order valence-corrected chi connectivity index (χ0v) is 12.2. The quantitative estimate of drug-likeness (QED) is 0.629. The van der Waals surface area contributed by atoms with Gasteiger partial charge in [0, 0.05) is 6.04 Å². The topological polar surface area (TPSA) is 39.1 Å². The molecule has 0 aromatic carbocycles. The minimum Gasteiger partial charge on any atom is -0.303 e. The van der Waals surface area contributed by atoms with Crippen LogP contribution >= 0.6 is 0 Å². The number of nitriles is 1. The molecule has 17 heavy (non-hydrogen) atoms. The van der Waals surface area contributed by atoms with Crippen molar-refractivity contribution in [2.75, 3.05) is 20.1 Å². The van der Waals surface area contributed by atoms with Crippen molar-refractivity contribution in [1.82, 2.24) is 10.2 Å². The Labute approximate surface area is 107 Å². The first kappa shape index (κ1) is 16.4. The molecule has 0 aliphatic heterocycles. The minimum atomic E-state index is -0.354. The highest BCUT2D eigenvalue weighted by atomic mass is 15.1. The van der Waals surface area contributed by atoms with Crippen molar-refractivity contribution in [2.24, 2.45) is 0 Å². The van der Waals surface area contributed by atoms with Crippen LogP contribution in [0.25, 0.3) is 0 Å². The molecule has 0 bridgehead atoms. The molecule has 100 valence electrons. The molecular weight excluding hydrogens is 210 g/mol. The summed E-state index contributed by atoms with van der Waals surface area (Å²) in [5, 5.41) is 12.1. The summed E-state index contributed by atoms with van der Waals surface area (Å²) in [7, 11) is 1.86. The van der Waals surface area contributed by atoms with Crippen LogP contribution in [0.2, 0.25) is 0 Å². The van der Waals surface area contributed by atoms with Gasteiger partial charge in [0.15, 0.2) is 0 Å². The minimum absolute atomic E-state index is 0.354. The second-order valence-electron chi connectivity index (χ2n) is 5.28. The van der Waals surface area contributed by atoms with Gasteiger partial charge < -0.3 is 10.2 Å². The number of hydrogen-bond acceptors (Lipinski definition) is 3. The first-order chi connectivity index (χ1) is 7.99. The fourth-order valence-corrected chi connectivity index (χ4v) is 1.95. The number of rotatable bonds is 9. The van der Waals surface area contributed by atoms with E-state index in [0.717, 1.165) is 19.4 Å². The first-order valence-electron chi connectivity index (χ1n) is 6.83. The molecule has 0 aromatic heterocycles. The van der Waals surface area contributed by atoms with Crippen LogP contribution in [0.15, 0.2) is 0 Å². The molecule has 3 nitrogen and oxygen atoms in total. The van der Waals surface area contributed by atoms with Gasteiger partial charge in [-0.3, -0.25) is 0 Å². The molecule has 0 heterocycles. The van der Waals surface area contributed by atoms with Crippen molar-refractivity contribution in [1.29, 1.82) is 5.26 Å². The molecule has 0 aliphatic carbocycles. The lowest BCUT2D eigenvalue weighted by molar-refractivity contribution is 0.215. The molecule has 3 heteroatoms. The SMILES string of the molecule is CCCN(CCCCC(C)(C#N)NC)C(C)C. The molecule has 0 spiro atoms. The molecule has 0 fully saturated rings. The van der Waals surface area contributed by atoms with E-state index in [0.29, 0.717) is 6.04 Å². The van der Waals surface area contributed by atoms with Crippen molar-refractivity contribution in [3.63, 3.8) is 0 Å². The third kappa shape index (κ3) is 6.65. The molecular formula is C14H29N3. The highest BCUT2D eigenvalue weighted by molar-refractivity contribution is 5.02. The average molecular weight is 239 g/mol. The van der Waals surface area contributed by atoms with Gasteiger partial charge in [-0.05, 0) is 66.6 Å². The highest BCUT2D eigenvalue weighted by Crippen LogP contribution is 2.13. The summed E-state index contributed by atoms with van der Waals surface area (Å²) in [5.41, 5.74) is -0.354. The van der Waals surface area contributed by atoms with Crippen molar-refractivity contribution in [3.8, 4) is 6.07 Å². The Morgan fingerprint density at radius 2 is 1.94 bits per heavy atom. The number of unbranched alkanes of at least 4 members (excludes halogenated alkanes) is 1. The van der Waals surface area contributed by atoms with Gasteiger partial charge in [-0.2, -0.15) is 5.26 Å². The number of nitrogens with one attached hydrogen (secondary N) is 1. The lowest BCUT2D eigenvalue weighted by atomic mass is 9.97. The standard InChI is InChI=1S/C14H29N3/c1-6-10-17(13(2)3)11-8-7-9-14(4,12-15)16-5/h13,16H,6-11H2,1-5H3. The van der Waals surface area contributed by atoms with E-state index in [2.05, 4.69) is 37.1 Å². The lowest BCUT2D eigenvalue weighted by Crippen LogP contribution is -2.38. The molecule has 0 amide bonds. The molecule has 0 aliphatic rings. The normalized spacial score (nSPS) is 14.9.